The van der Waals surface area contributed by atoms with Crippen LogP contribution >= 0.6 is 0 Å². The fourth-order valence-corrected chi connectivity index (χ4v) is 2.29. The van der Waals surface area contributed by atoms with Crippen molar-refractivity contribution in [2.75, 3.05) is 0 Å². The van der Waals surface area contributed by atoms with Gasteiger partial charge in [-0.2, -0.15) is 0 Å². The highest BCUT2D eigenvalue weighted by molar-refractivity contribution is 5.62. The van der Waals surface area contributed by atoms with Gasteiger partial charge in [-0.15, -0.1) is 0 Å². The van der Waals surface area contributed by atoms with E-state index in [0.29, 0.717) is 0 Å². The van der Waals surface area contributed by atoms with Crippen molar-refractivity contribution in [3.63, 3.8) is 0 Å². The van der Waals surface area contributed by atoms with Crippen LogP contribution in [0.2, 0.25) is 0 Å². The normalized spacial score (nSPS) is 11.6. The lowest BCUT2D eigenvalue weighted by Gasteiger charge is -2.25. The summed E-state index contributed by atoms with van der Waals surface area (Å²) in [5.41, 5.74) is 4.25. The van der Waals surface area contributed by atoms with E-state index in [0.717, 1.165) is 6.42 Å². The smallest absolute Gasteiger partial charge is 0.201 e. The molecule has 2 rings (SSSR count). The molecule has 0 fully saturated rings. The zero-order valence-corrected chi connectivity index (χ0v) is 11.8. The van der Waals surface area contributed by atoms with Crippen molar-refractivity contribution < 1.29 is 4.57 Å². The van der Waals surface area contributed by atoms with Crippen LogP contribution in [0.4, 0.5) is 0 Å². The third kappa shape index (κ3) is 2.31. The molecule has 0 unspecified atom stereocenters. The summed E-state index contributed by atoms with van der Waals surface area (Å²) < 4.78 is 2.19. The number of hydrogen-bond donors (Lipinski definition) is 0. The average Bonchev–Trinajstić information content (AvgIpc) is 2.39. The van der Waals surface area contributed by atoms with Gasteiger partial charge in [-0.3, -0.25) is 0 Å². The van der Waals surface area contributed by atoms with Crippen LogP contribution in [0, 0.1) is 0 Å². The SMILES string of the molecule is CCC(C)(C)c1ccccc1-c1cccc[n+]1C. The summed E-state index contributed by atoms with van der Waals surface area (Å²) in [6, 6.07) is 15.1. The Hall–Kier alpha value is -1.63. The summed E-state index contributed by atoms with van der Waals surface area (Å²) in [7, 11) is 2.10. The average molecular weight is 240 g/mol. The highest BCUT2D eigenvalue weighted by atomic mass is 14.9. The minimum absolute atomic E-state index is 0.208. The molecule has 0 amide bonds. The van der Waals surface area contributed by atoms with E-state index in [2.05, 4.69) is 81.0 Å². The Bertz CT molecular complexity index is 541. The maximum atomic E-state index is 2.31. The summed E-state index contributed by atoms with van der Waals surface area (Å²) in [6.45, 7) is 6.88. The van der Waals surface area contributed by atoms with Crippen LogP contribution < -0.4 is 4.57 Å². The largest absolute Gasteiger partial charge is 0.212 e. The zero-order valence-electron chi connectivity index (χ0n) is 11.8. The first-order valence-electron chi connectivity index (χ1n) is 6.61. The number of nitrogens with zero attached hydrogens (tertiary/aromatic N) is 1. The third-order valence-electron chi connectivity index (χ3n) is 3.87. The lowest BCUT2D eigenvalue weighted by Crippen LogP contribution is -2.31. The summed E-state index contributed by atoms with van der Waals surface area (Å²) in [6.07, 6.45) is 3.24. The fraction of sp³-hybridized carbons (Fsp3) is 0.353. The quantitative estimate of drug-likeness (QED) is 0.717. The van der Waals surface area contributed by atoms with Crippen LogP contribution in [0.1, 0.15) is 32.8 Å². The zero-order chi connectivity index (χ0) is 13.2. The molecule has 1 aromatic carbocycles. The molecule has 1 aromatic heterocycles. The Morgan fingerprint density at radius 3 is 2.33 bits per heavy atom. The fourth-order valence-electron chi connectivity index (χ4n) is 2.29. The van der Waals surface area contributed by atoms with Gasteiger partial charge in [0.2, 0.25) is 5.69 Å². The van der Waals surface area contributed by atoms with Crippen molar-refractivity contribution in [2.24, 2.45) is 7.05 Å². The van der Waals surface area contributed by atoms with E-state index in [9.17, 15) is 0 Å². The van der Waals surface area contributed by atoms with Crippen LogP contribution in [-0.2, 0) is 12.5 Å². The molecule has 18 heavy (non-hydrogen) atoms. The van der Waals surface area contributed by atoms with Crippen LogP contribution in [0.15, 0.2) is 48.7 Å². The van der Waals surface area contributed by atoms with E-state index in [1.54, 1.807) is 0 Å². The number of benzene rings is 1. The number of pyridine rings is 1. The minimum atomic E-state index is 0.208. The van der Waals surface area contributed by atoms with Crippen molar-refractivity contribution in [1.29, 1.82) is 0 Å². The van der Waals surface area contributed by atoms with E-state index in [1.165, 1.54) is 16.8 Å². The summed E-state index contributed by atoms with van der Waals surface area (Å²) in [5, 5.41) is 0. The Labute approximate surface area is 110 Å². The molecule has 0 saturated carbocycles. The van der Waals surface area contributed by atoms with Crippen molar-refractivity contribution >= 4 is 0 Å². The molecule has 2 aromatic rings. The second-order valence-corrected chi connectivity index (χ2v) is 5.48. The number of hydrogen-bond acceptors (Lipinski definition) is 0. The number of aromatic nitrogens is 1. The Balaban J connectivity index is 2.63. The molecule has 0 aliphatic carbocycles. The van der Waals surface area contributed by atoms with Gasteiger partial charge in [-0.25, -0.2) is 4.57 Å². The minimum Gasteiger partial charge on any atom is -0.201 e. The van der Waals surface area contributed by atoms with E-state index >= 15 is 0 Å². The van der Waals surface area contributed by atoms with Crippen LogP contribution in [0.25, 0.3) is 11.3 Å². The van der Waals surface area contributed by atoms with Crippen LogP contribution in [0.5, 0.6) is 0 Å². The molecular formula is C17H22N+. The first-order chi connectivity index (χ1) is 8.56. The van der Waals surface area contributed by atoms with Gasteiger partial charge in [-0.1, -0.05) is 39.0 Å². The number of aryl methyl sites for hydroxylation is 1. The first-order valence-corrected chi connectivity index (χ1v) is 6.61. The van der Waals surface area contributed by atoms with Gasteiger partial charge in [0.25, 0.3) is 0 Å². The van der Waals surface area contributed by atoms with Gasteiger partial charge in [0.1, 0.15) is 7.05 Å². The molecule has 0 saturated heterocycles. The molecule has 0 aliphatic heterocycles. The molecule has 0 radical (unpaired) electrons. The second kappa shape index (κ2) is 4.93. The first kappa shape index (κ1) is 12.8. The maximum absolute atomic E-state index is 2.31. The predicted octanol–water partition coefficient (Wildman–Crippen LogP) is 3.87. The maximum Gasteiger partial charge on any atom is 0.212 e. The van der Waals surface area contributed by atoms with Crippen molar-refractivity contribution in [2.45, 2.75) is 32.6 Å². The molecule has 0 atom stereocenters. The van der Waals surface area contributed by atoms with Gasteiger partial charge in [0.15, 0.2) is 6.20 Å². The van der Waals surface area contributed by atoms with Crippen LogP contribution in [0.3, 0.4) is 0 Å². The highest BCUT2D eigenvalue weighted by Gasteiger charge is 2.24. The van der Waals surface area contributed by atoms with Crippen molar-refractivity contribution in [3.8, 4) is 11.3 Å². The van der Waals surface area contributed by atoms with Crippen molar-refractivity contribution in [3.05, 3.63) is 54.2 Å². The van der Waals surface area contributed by atoms with Gasteiger partial charge < -0.3 is 0 Å². The lowest BCUT2D eigenvalue weighted by molar-refractivity contribution is -0.660. The molecule has 1 heterocycles. The number of rotatable bonds is 3. The van der Waals surface area contributed by atoms with Crippen molar-refractivity contribution in [1.82, 2.24) is 0 Å². The van der Waals surface area contributed by atoms with Gasteiger partial charge in [0.05, 0.1) is 0 Å². The molecule has 1 nitrogen and oxygen atoms in total. The van der Waals surface area contributed by atoms with Gasteiger partial charge in [-0.05, 0) is 29.5 Å². The molecule has 0 spiro atoms. The Morgan fingerprint density at radius 1 is 1.00 bits per heavy atom. The van der Waals surface area contributed by atoms with E-state index < -0.39 is 0 Å². The van der Waals surface area contributed by atoms with Crippen LogP contribution in [-0.4, -0.2) is 0 Å². The standard InChI is InChI=1S/C17H22N/c1-5-17(2,3)15-11-7-6-10-14(15)16-12-8-9-13-18(16)4/h6-13H,5H2,1-4H3/q+1. The molecule has 0 aliphatic rings. The third-order valence-corrected chi connectivity index (χ3v) is 3.87. The van der Waals surface area contributed by atoms with E-state index in [1.807, 2.05) is 0 Å². The highest BCUT2D eigenvalue weighted by Crippen LogP contribution is 2.33. The van der Waals surface area contributed by atoms with Gasteiger partial charge >= 0.3 is 0 Å². The molecule has 0 bridgehead atoms. The van der Waals surface area contributed by atoms with E-state index in [4.69, 9.17) is 0 Å². The Kier molecular flexibility index (Phi) is 3.51. The molecule has 0 N–H and O–H groups in total. The molecular weight excluding hydrogens is 218 g/mol. The molecule has 94 valence electrons. The summed E-state index contributed by atoms with van der Waals surface area (Å²) >= 11 is 0. The topological polar surface area (TPSA) is 3.88 Å². The van der Waals surface area contributed by atoms with E-state index in [-0.39, 0.29) is 5.41 Å². The second-order valence-electron chi connectivity index (χ2n) is 5.48. The summed E-state index contributed by atoms with van der Waals surface area (Å²) in [4.78, 5) is 0. The monoisotopic (exact) mass is 240 g/mol. The Morgan fingerprint density at radius 2 is 1.67 bits per heavy atom. The van der Waals surface area contributed by atoms with Gasteiger partial charge in [0, 0.05) is 17.7 Å². The predicted molar refractivity (Wildman–Crippen MR) is 76.4 cm³/mol. The summed E-state index contributed by atoms with van der Waals surface area (Å²) in [5.74, 6) is 0. The lowest BCUT2D eigenvalue weighted by atomic mass is 9.79. The molecule has 1 heteroatoms.